The van der Waals surface area contributed by atoms with E-state index < -0.39 is 0 Å². The lowest BCUT2D eigenvalue weighted by Gasteiger charge is -2.09. The Hall–Kier alpha value is -2.83. The number of rotatable bonds is 4. The number of para-hydroxylation sites is 1. The van der Waals surface area contributed by atoms with Gasteiger partial charge in [-0.25, -0.2) is 10.4 Å². The van der Waals surface area contributed by atoms with Crippen LogP contribution in [0.2, 0.25) is 0 Å². The number of carbonyl (C=O) groups excluding carboxylic acids is 1. The van der Waals surface area contributed by atoms with Gasteiger partial charge in [-0.15, -0.1) is 11.3 Å². The van der Waals surface area contributed by atoms with Gasteiger partial charge in [-0.05, 0) is 54.0 Å². The molecule has 2 heterocycles. The van der Waals surface area contributed by atoms with Crippen molar-refractivity contribution in [1.82, 2.24) is 10.4 Å². The fourth-order valence-electron chi connectivity index (χ4n) is 2.99. The zero-order valence-electron chi connectivity index (χ0n) is 15.9. The maximum absolute atomic E-state index is 13.0. The molecule has 0 unspecified atom stereocenters. The van der Waals surface area contributed by atoms with Crippen LogP contribution in [0, 0.1) is 6.92 Å². The maximum Gasteiger partial charge on any atom is 0.272 e. The molecule has 0 saturated carbocycles. The van der Waals surface area contributed by atoms with E-state index in [-0.39, 0.29) is 5.91 Å². The molecule has 0 atom stereocenters. The van der Waals surface area contributed by atoms with E-state index in [1.165, 1.54) is 5.56 Å². The highest BCUT2D eigenvalue weighted by atomic mass is 79.9. The van der Waals surface area contributed by atoms with Gasteiger partial charge < -0.3 is 0 Å². The summed E-state index contributed by atoms with van der Waals surface area (Å²) in [5, 5.41) is 5.09. The monoisotopic (exact) mass is 463 g/mol. The predicted molar refractivity (Wildman–Crippen MR) is 124 cm³/mol. The zero-order valence-corrected chi connectivity index (χ0v) is 18.3. The second-order valence-corrected chi connectivity index (χ2v) is 9.14. The first-order valence-electron chi connectivity index (χ1n) is 9.08. The highest BCUT2D eigenvalue weighted by Gasteiger charge is 2.14. The highest BCUT2D eigenvalue weighted by Crippen LogP contribution is 2.25. The van der Waals surface area contributed by atoms with Crippen molar-refractivity contribution in [3.63, 3.8) is 0 Å². The third-order valence-corrected chi connectivity index (χ3v) is 6.30. The molecular formula is C23H18BrN3OS. The maximum atomic E-state index is 13.0. The van der Waals surface area contributed by atoms with Crippen LogP contribution in [0.1, 0.15) is 27.7 Å². The second kappa shape index (κ2) is 8.27. The number of aromatic nitrogens is 1. The molecule has 2 aromatic carbocycles. The minimum absolute atomic E-state index is 0.257. The van der Waals surface area contributed by atoms with E-state index >= 15 is 0 Å². The molecule has 144 valence electrons. The van der Waals surface area contributed by atoms with Gasteiger partial charge in [-0.3, -0.25) is 4.79 Å². The molecule has 4 rings (SSSR count). The van der Waals surface area contributed by atoms with Gasteiger partial charge in [0.05, 0.1) is 31.1 Å². The molecule has 4 nitrogen and oxygen atoms in total. The minimum atomic E-state index is -0.257. The molecule has 0 aliphatic heterocycles. The number of hydrogen-bond donors (Lipinski definition) is 1. The summed E-state index contributed by atoms with van der Waals surface area (Å²) in [6.45, 7) is 3.92. The number of fused-ring (bicyclic) bond motifs is 1. The van der Waals surface area contributed by atoms with Crippen LogP contribution in [-0.2, 0) is 0 Å². The molecule has 2 aromatic heterocycles. The standard InChI is InChI=1S/C23H18BrN3OS/c1-14-7-9-16(10-8-14)20-13-18(17-5-3-4-6-19(17)25-20)23(28)27-26-15(2)21-11-12-22(24)29-21/h3-13H,1-2H3,(H,27,28)/b26-15-. The zero-order chi connectivity index (χ0) is 20.4. The summed E-state index contributed by atoms with van der Waals surface area (Å²) in [5.74, 6) is -0.257. The highest BCUT2D eigenvalue weighted by molar-refractivity contribution is 9.11. The predicted octanol–water partition coefficient (Wildman–Crippen LogP) is 6.19. The normalized spacial score (nSPS) is 11.6. The van der Waals surface area contributed by atoms with E-state index in [1.54, 1.807) is 11.3 Å². The SMILES string of the molecule is C/C(=N/NC(=O)c1cc(-c2ccc(C)cc2)nc2ccccc12)c1ccc(Br)s1. The number of halogens is 1. The molecule has 4 aromatic rings. The Balaban J connectivity index is 1.71. The van der Waals surface area contributed by atoms with E-state index in [2.05, 4.69) is 26.5 Å². The largest absolute Gasteiger partial charge is 0.272 e. The van der Waals surface area contributed by atoms with Crippen LogP contribution in [0.15, 0.2) is 75.6 Å². The van der Waals surface area contributed by atoms with Gasteiger partial charge in [-0.2, -0.15) is 5.10 Å². The number of pyridine rings is 1. The Morgan fingerprint density at radius 2 is 1.83 bits per heavy atom. The molecule has 1 N–H and O–H groups in total. The quantitative estimate of drug-likeness (QED) is 0.289. The lowest BCUT2D eigenvalue weighted by Crippen LogP contribution is -2.19. The number of amides is 1. The van der Waals surface area contributed by atoms with Gasteiger partial charge in [-0.1, -0.05) is 48.0 Å². The van der Waals surface area contributed by atoms with Crippen LogP contribution in [0.5, 0.6) is 0 Å². The smallest absolute Gasteiger partial charge is 0.267 e. The number of thiophene rings is 1. The number of hydrogen-bond acceptors (Lipinski definition) is 4. The lowest BCUT2D eigenvalue weighted by atomic mass is 10.0. The first-order valence-corrected chi connectivity index (χ1v) is 10.7. The van der Waals surface area contributed by atoms with Crippen molar-refractivity contribution < 1.29 is 4.79 Å². The molecule has 29 heavy (non-hydrogen) atoms. The number of aryl methyl sites for hydroxylation is 1. The average Bonchev–Trinajstić information content (AvgIpc) is 3.18. The molecule has 1 amide bonds. The first kappa shape index (κ1) is 19.5. The Morgan fingerprint density at radius 1 is 1.07 bits per heavy atom. The van der Waals surface area contributed by atoms with Crippen LogP contribution in [-0.4, -0.2) is 16.6 Å². The first-order chi connectivity index (χ1) is 14.0. The minimum Gasteiger partial charge on any atom is -0.267 e. The Labute approximate surface area is 181 Å². The van der Waals surface area contributed by atoms with E-state index in [0.29, 0.717) is 5.56 Å². The van der Waals surface area contributed by atoms with Gasteiger partial charge in [0.1, 0.15) is 0 Å². The summed E-state index contributed by atoms with van der Waals surface area (Å²) < 4.78 is 1.02. The summed E-state index contributed by atoms with van der Waals surface area (Å²) in [6, 6.07) is 21.5. The van der Waals surface area contributed by atoms with Crippen molar-refractivity contribution in [1.29, 1.82) is 0 Å². The molecule has 0 aliphatic carbocycles. The third-order valence-electron chi connectivity index (χ3n) is 4.56. The van der Waals surface area contributed by atoms with Crippen molar-refractivity contribution in [3.05, 3.63) is 86.5 Å². The summed E-state index contributed by atoms with van der Waals surface area (Å²) in [6.07, 6.45) is 0. The Morgan fingerprint density at radius 3 is 2.55 bits per heavy atom. The molecule has 0 fully saturated rings. The lowest BCUT2D eigenvalue weighted by molar-refractivity contribution is 0.0956. The van der Waals surface area contributed by atoms with E-state index in [4.69, 9.17) is 4.98 Å². The topological polar surface area (TPSA) is 54.4 Å². The van der Waals surface area contributed by atoms with Crippen LogP contribution >= 0.6 is 27.3 Å². The molecule has 0 bridgehead atoms. The Bertz CT molecular complexity index is 1230. The fraction of sp³-hybridized carbons (Fsp3) is 0.0870. The van der Waals surface area contributed by atoms with Crippen molar-refractivity contribution in [2.24, 2.45) is 5.10 Å². The number of nitrogens with zero attached hydrogens (tertiary/aromatic N) is 2. The molecule has 0 spiro atoms. The molecule has 0 aliphatic rings. The van der Waals surface area contributed by atoms with Crippen LogP contribution in [0.3, 0.4) is 0 Å². The number of carbonyl (C=O) groups is 1. The molecule has 0 saturated heterocycles. The Kier molecular flexibility index (Phi) is 5.56. The van der Waals surface area contributed by atoms with Gasteiger partial charge in [0.2, 0.25) is 0 Å². The second-order valence-electron chi connectivity index (χ2n) is 6.68. The van der Waals surface area contributed by atoms with Crippen molar-refractivity contribution in [3.8, 4) is 11.3 Å². The van der Waals surface area contributed by atoms with Crippen LogP contribution < -0.4 is 5.43 Å². The van der Waals surface area contributed by atoms with Crippen LogP contribution in [0.4, 0.5) is 0 Å². The van der Waals surface area contributed by atoms with Crippen LogP contribution in [0.25, 0.3) is 22.2 Å². The van der Waals surface area contributed by atoms with Crippen molar-refractivity contribution >= 4 is 49.8 Å². The summed E-state index contributed by atoms with van der Waals surface area (Å²) in [7, 11) is 0. The molecule has 6 heteroatoms. The van der Waals surface area contributed by atoms with Gasteiger partial charge >= 0.3 is 0 Å². The molecular weight excluding hydrogens is 446 g/mol. The van der Waals surface area contributed by atoms with Gasteiger partial charge in [0.15, 0.2) is 0 Å². The number of benzene rings is 2. The van der Waals surface area contributed by atoms with E-state index in [9.17, 15) is 4.79 Å². The fourth-order valence-corrected chi connectivity index (χ4v) is 4.33. The third kappa shape index (κ3) is 4.28. The van der Waals surface area contributed by atoms with E-state index in [0.717, 1.165) is 36.5 Å². The number of nitrogens with one attached hydrogen (secondary N) is 1. The summed E-state index contributed by atoms with van der Waals surface area (Å²) >= 11 is 5.02. The summed E-state index contributed by atoms with van der Waals surface area (Å²) in [4.78, 5) is 18.7. The number of hydrazone groups is 1. The van der Waals surface area contributed by atoms with Crippen molar-refractivity contribution in [2.75, 3.05) is 0 Å². The van der Waals surface area contributed by atoms with E-state index in [1.807, 2.05) is 80.6 Å². The summed E-state index contributed by atoms with van der Waals surface area (Å²) in [5.41, 5.74) is 7.69. The average molecular weight is 464 g/mol. The molecule has 0 radical (unpaired) electrons. The van der Waals surface area contributed by atoms with Crippen molar-refractivity contribution in [2.45, 2.75) is 13.8 Å². The van der Waals surface area contributed by atoms with Gasteiger partial charge in [0, 0.05) is 10.9 Å². The van der Waals surface area contributed by atoms with Gasteiger partial charge in [0.25, 0.3) is 5.91 Å².